The van der Waals surface area contributed by atoms with Crippen LogP contribution in [0.1, 0.15) is 41.8 Å². The number of aromatic carboxylic acids is 1. The van der Waals surface area contributed by atoms with Crippen molar-refractivity contribution in [2.24, 2.45) is 0 Å². The molecule has 0 aliphatic rings. The second kappa shape index (κ2) is 8.56. The molecule has 2 aromatic heterocycles. The highest BCUT2D eigenvalue weighted by molar-refractivity contribution is 5.87. The van der Waals surface area contributed by atoms with Gasteiger partial charge < -0.3 is 14.6 Å². The number of hydrogen-bond donors (Lipinski definition) is 1. The number of carboxylic acid groups (broad SMARTS) is 1. The van der Waals surface area contributed by atoms with E-state index in [0.717, 1.165) is 23.3 Å². The minimum Gasteiger partial charge on any atom is -0.490 e. The molecular formula is C21H23N3O4. The smallest absolute Gasteiger partial charge is 0.335 e. The molecule has 1 N–H and O–H groups in total. The van der Waals surface area contributed by atoms with Gasteiger partial charge in [0, 0.05) is 17.8 Å². The fourth-order valence-corrected chi connectivity index (χ4v) is 2.58. The molecule has 0 saturated carbocycles. The first kappa shape index (κ1) is 19.4. The Labute approximate surface area is 163 Å². The highest BCUT2D eigenvalue weighted by atomic mass is 16.5. The third-order valence-corrected chi connectivity index (χ3v) is 4.32. The van der Waals surface area contributed by atoms with Crippen LogP contribution in [-0.4, -0.2) is 31.9 Å². The number of hydrogen-bond acceptors (Lipinski definition) is 5. The van der Waals surface area contributed by atoms with Gasteiger partial charge in [0.05, 0.1) is 17.9 Å². The average Bonchev–Trinajstić information content (AvgIpc) is 3.16. The van der Waals surface area contributed by atoms with E-state index in [9.17, 15) is 9.90 Å². The van der Waals surface area contributed by atoms with Crippen molar-refractivity contribution in [1.29, 1.82) is 0 Å². The van der Waals surface area contributed by atoms with Gasteiger partial charge >= 0.3 is 5.97 Å². The molecule has 0 fully saturated rings. The van der Waals surface area contributed by atoms with E-state index in [0.29, 0.717) is 11.7 Å². The molecule has 7 nitrogen and oxygen atoms in total. The van der Waals surface area contributed by atoms with E-state index in [-0.39, 0.29) is 18.3 Å². The van der Waals surface area contributed by atoms with Gasteiger partial charge in [-0.05, 0) is 44.0 Å². The number of rotatable bonds is 8. The van der Waals surface area contributed by atoms with Gasteiger partial charge in [-0.25, -0.2) is 9.78 Å². The first-order chi connectivity index (χ1) is 13.5. The van der Waals surface area contributed by atoms with Crippen molar-refractivity contribution in [2.45, 2.75) is 39.9 Å². The maximum absolute atomic E-state index is 11.2. The molecule has 1 unspecified atom stereocenters. The first-order valence-electron chi connectivity index (χ1n) is 9.10. The van der Waals surface area contributed by atoms with Crippen LogP contribution in [0.15, 0.2) is 48.8 Å². The summed E-state index contributed by atoms with van der Waals surface area (Å²) in [4.78, 5) is 15.4. The average molecular weight is 381 g/mol. The molecule has 3 aromatic rings. The summed E-state index contributed by atoms with van der Waals surface area (Å²) in [7, 11) is 0. The van der Waals surface area contributed by atoms with Crippen LogP contribution in [0.5, 0.6) is 11.6 Å². The van der Waals surface area contributed by atoms with Crippen LogP contribution in [0.25, 0.3) is 5.82 Å². The zero-order valence-corrected chi connectivity index (χ0v) is 16.1. The van der Waals surface area contributed by atoms with Gasteiger partial charge in [0.15, 0.2) is 5.82 Å². The van der Waals surface area contributed by atoms with E-state index in [4.69, 9.17) is 9.47 Å². The van der Waals surface area contributed by atoms with Crippen LogP contribution in [0, 0.1) is 6.92 Å². The Bertz CT molecular complexity index is 968. The van der Waals surface area contributed by atoms with Crippen molar-refractivity contribution in [3.05, 3.63) is 65.5 Å². The van der Waals surface area contributed by atoms with E-state index in [1.807, 2.05) is 32.0 Å². The molecule has 0 amide bonds. The van der Waals surface area contributed by atoms with Crippen molar-refractivity contribution in [1.82, 2.24) is 14.8 Å². The van der Waals surface area contributed by atoms with E-state index in [1.54, 1.807) is 12.3 Å². The summed E-state index contributed by atoms with van der Waals surface area (Å²) in [5.74, 6) is 0.612. The van der Waals surface area contributed by atoms with Gasteiger partial charge in [-0.2, -0.15) is 9.78 Å². The molecule has 0 aliphatic carbocycles. The molecule has 1 atom stereocenters. The highest BCUT2D eigenvalue weighted by Gasteiger charge is 2.13. The fourth-order valence-electron chi connectivity index (χ4n) is 2.58. The number of aromatic nitrogens is 3. The summed E-state index contributed by atoms with van der Waals surface area (Å²) >= 11 is 0. The monoisotopic (exact) mass is 381 g/mol. The Morgan fingerprint density at radius 1 is 1.21 bits per heavy atom. The molecule has 0 radical (unpaired) electrons. The zero-order chi connectivity index (χ0) is 20.1. The minimum absolute atomic E-state index is 0.106. The van der Waals surface area contributed by atoms with Crippen LogP contribution < -0.4 is 9.47 Å². The third kappa shape index (κ3) is 4.49. The maximum atomic E-state index is 11.2. The lowest BCUT2D eigenvalue weighted by molar-refractivity contribution is 0.0696. The normalized spacial score (nSPS) is 11.8. The first-order valence-corrected chi connectivity index (χ1v) is 9.10. The quantitative estimate of drug-likeness (QED) is 0.634. The molecule has 2 heterocycles. The van der Waals surface area contributed by atoms with Gasteiger partial charge in [0.1, 0.15) is 12.4 Å². The van der Waals surface area contributed by atoms with Crippen LogP contribution in [0.2, 0.25) is 0 Å². The minimum atomic E-state index is -1.02. The summed E-state index contributed by atoms with van der Waals surface area (Å²) in [5, 5.41) is 13.4. The number of carbonyl (C=O) groups is 1. The Morgan fingerprint density at radius 2 is 2.04 bits per heavy atom. The number of nitrogens with zero attached hydrogens (tertiary/aromatic N) is 3. The number of carboxylic acids is 1. The van der Waals surface area contributed by atoms with E-state index < -0.39 is 5.97 Å². The van der Waals surface area contributed by atoms with Gasteiger partial charge in [-0.1, -0.05) is 19.1 Å². The molecule has 28 heavy (non-hydrogen) atoms. The van der Waals surface area contributed by atoms with Gasteiger partial charge in [0.2, 0.25) is 5.88 Å². The summed E-state index contributed by atoms with van der Waals surface area (Å²) in [6.07, 6.45) is 4.03. The van der Waals surface area contributed by atoms with Crippen LogP contribution in [0.4, 0.5) is 0 Å². The van der Waals surface area contributed by atoms with E-state index >= 15 is 0 Å². The molecule has 1 aromatic carbocycles. The second-order valence-corrected chi connectivity index (χ2v) is 6.53. The Hall–Kier alpha value is -3.35. The molecule has 0 saturated heterocycles. The van der Waals surface area contributed by atoms with E-state index in [1.165, 1.54) is 23.0 Å². The van der Waals surface area contributed by atoms with Crippen molar-refractivity contribution < 1.29 is 19.4 Å². The fraction of sp³-hybridized carbons (Fsp3) is 0.286. The molecule has 0 bridgehead atoms. The molecule has 146 valence electrons. The number of pyridine rings is 1. The predicted molar refractivity (Wildman–Crippen MR) is 104 cm³/mol. The largest absolute Gasteiger partial charge is 0.490 e. The molecule has 0 aliphatic heterocycles. The standard InChI is InChI=1S/C21H23N3O4/c1-4-15(3)28-18-11-14(2)5-6-17(18)13-27-20-8-10-23-24(20)19-12-16(21(25)26)7-9-22-19/h5-12,15H,4,13H2,1-3H3,(H,25,26). The summed E-state index contributed by atoms with van der Waals surface area (Å²) < 4.78 is 13.4. The van der Waals surface area contributed by atoms with Gasteiger partial charge in [0.25, 0.3) is 0 Å². The lowest BCUT2D eigenvalue weighted by Crippen LogP contribution is -2.12. The Kier molecular flexibility index (Phi) is 5.93. The molecule has 7 heteroatoms. The maximum Gasteiger partial charge on any atom is 0.335 e. The third-order valence-electron chi connectivity index (χ3n) is 4.32. The summed E-state index contributed by atoms with van der Waals surface area (Å²) in [5.41, 5.74) is 2.17. The molecule has 0 spiro atoms. The van der Waals surface area contributed by atoms with E-state index in [2.05, 4.69) is 17.0 Å². The van der Waals surface area contributed by atoms with Gasteiger partial charge in [-0.3, -0.25) is 0 Å². The zero-order valence-electron chi connectivity index (χ0n) is 16.1. The van der Waals surface area contributed by atoms with Crippen molar-refractivity contribution in [3.63, 3.8) is 0 Å². The number of benzene rings is 1. The highest BCUT2D eigenvalue weighted by Crippen LogP contribution is 2.25. The Morgan fingerprint density at radius 3 is 2.79 bits per heavy atom. The SMILES string of the molecule is CCC(C)Oc1cc(C)ccc1COc1ccnn1-c1cc(C(=O)O)ccn1. The van der Waals surface area contributed by atoms with Crippen LogP contribution in [-0.2, 0) is 6.61 Å². The summed E-state index contributed by atoms with van der Waals surface area (Å²) in [6.45, 7) is 6.41. The predicted octanol–water partition coefficient (Wildman–Crippen LogP) is 4.03. The lowest BCUT2D eigenvalue weighted by atomic mass is 10.1. The van der Waals surface area contributed by atoms with Crippen LogP contribution in [0.3, 0.4) is 0 Å². The van der Waals surface area contributed by atoms with Gasteiger partial charge in [-0.15, -0.1) is 0 Å². The summed E-state index contributed by atoms with van der Waals surface area (Å²) in [6, 6.07) is 10.6. The van der Waals surface area contributed by atoms with Crippen LogP contribution >= 0.6 is 0 Å². The lowest BCUT2D eigenvalue weighted by Gasteiger charge is -2.17. The number of aryl methyl sites for hydroxylation is 1. The number of ether oxygens (including phenoxy) is 2. The van der Waals surface area contributed by atoms with Crippen molar-refractivity contribution in [2.75, 3.05) is 0 Å². The second-order valence-electron chi connectivity index (χ2n) is 6.53. The van der Waals surface area contributed by atoms with Crippen molar-refractivity contribution in [3.8, 4) is 17.4 Å². The Balaban J connectivity index is 1.81. The molecule has 3 rings (SSSR count). The topological polar surface area (TPSA) is 86.5 Å². The van der Waals surface area contributed by atoms with Crippen molar-refractivity contribution >= 4 is 5.97 Å². The molecular weight excluding hydrogens is 358 g/mol.